The van der Waals surface area contributed by atoms with E-state index in [1.807, 2.05) is 0 Å². The van der Waals surface area contributed by atoms with Gasteiger partial charge in [0.2, 0.25) is 0 Å². The van der Waals surface area contributed by atoms with E-state index >= 15 is 0 Å². The summed E-state index contributed by atoms with van der Waals surface area (Å²) in [6.45, 7) is 17.2. The Labute approximate surface area is 131 Å². The monoisotopic (exact) mass is 323 g/mol. The fourth-order valence-corrected chi connectivity index (χ4v) is 3.60. The minimum Gasteiger partial charge on any atom is -0.288 e. The van der Waals surface area contributed by atoms with Crippen LogP contribution in [-0.4, -0.2) is 11.8 Å². The molecule has 0 aliphatic carbocycles. The Hall–Kier alpha value is -1.50. The summed E-state index contributed by atoms with van der Waals surface area (Å²) in [6, 6.07) is 0. The smallest absolute Gasteiger partial charge is 0.260 e. The van der Waals surface area contributed by atoms with E-state index in [1.54, 1.807) is 5.41 Å². The topological polar surface area (TPSA) is 46.2 Å². The maximum Gasteiger partial charge on any atom is 0.260 e. The minimum atomic E-state index is -0.404. The number of carbonyl (C=O) groups is 2. The lowest BCUT2D eigenvalue weighted by atomic mass is 10.1. The first-order valence-corrected chi connectivity index (χ1v) is 7.49. The van der Waals surface area contributed by atoms with Crippen LogP contribution in [-0.2, 0) is 0 Å². The molecule has 1 aromatic rings. The third-order valence-corrected chi connectivity index (χ3v) is 4.80. The molecule has 6 heteroatoms. The van der Waals surface area contributed by atoms with E-state index in [4.69, 9.17) is 0 Å². The van der Waals surface area contributed by atoms with Gasteiger partial charge in [-0.05, 0) is 5.41 Å². The first-order valence-electron chi connectivity index (χ1n) is 5.35. The van der Waals surface area contributed by atoms with Gasteiger partial charge in [0, 0.05) is 9.81 Å². The van der Waals surface area contributed by atoms with Gasteiger partial charge in [0.25, 0.3) is 11.8 Å². The van der Waals surface area contributed by atoms with Crippen molar-refractivity contribution in [2.75, 3.05) is 0 Å². The third-order valence-electron chi connectivity index (χ3n) is 2.33. The number of nitrogens with one attached hydrogen (secondary N) is 1. The molecule has 0 fully saturated rings. The molecule has 2 amide bonds. The van der Waals surface area contributed by atoms with Crippen molar-refractivity contribution in [3.05, 3.63) is 59.2 Å². The molecule has 0 aromatic carbocycles. The summed E-state index contributed by atoms with van der Waals surface area (Å²) in [4.78, 5) is 25.9. The number of amides is 2. The largest absolute Gasteiger partial charge is 0.288 e. The zero-order chi connectivity index (χ0) is 15.4. The molecule has 1 aromatic heterocycles. The minimum absolute atomic E-state index is 0.353. The van der Waals surface area contributed by atoms with Crippen molar-refractivity contribution in [1.82, 2.24) is 5.32 Å². The maximum atomic E-state index is 11.8. The van der Waals surface area contributed by atoms with Crippen molar-refractivity contribution in [2.45, 2.75) is 0 Å². The number of fused-ring (bicyclic) bond motifs is 1. The lowest BCUT2D eigenvalue weighted by Crippen LogP contribution is -2.21. The Kier molecular flexibility index (Phi) is 5.62. The highest BCUT2D eigenvalue weighted by atomic mass is 32.2. The summed E-state index contributed by atoms with van der Waals surface area (Å²) >= 11 is 6.77. The second kappa shape index (κ2) is 6.78. The number of hydrogen-bond acceptors (Lipinski definition) is 5. The summed E-state index contributed by atoms with van der Waals surface area (Å²) in [5.41, 5.74) is 0.723. The molecule has 1 aliphatic rings. The number of hydrogen-bond donors (Lipinski definition) is 2. The van der Waals surface area contributed by atoms with Gasteiger partial charge in [-0.1, -0.05) is 31.5 Å². The van der Waals surface area contributed by atoms with Gasteiger partial charge in [-0.3, -0.25) is 14.9 Å². The Morgan fingerprint density at radius 2 is 1.65 bits per heavy atom. The fourth-order valence-electron chi connectivity index (χ4n) is 1.65. The highest BCUT2D eigenvalue weighted by molar-refractivity contribution is 8.11. The Bertz CT molecular complexity index is 629. The van der Waals surface area contributed by atoms with Gasteiger partial charge in [0.15, 0.2) is 0 Å². The molecule has 2 heterocycles. The molecule has 0 spiro atoms. The number of thiophene rings is 1. The molecule has 0 atom stereocenters. The van der Waals surface area contributed by atoms with E-state index in [1.165, 1.54) is 23.1 Å². The molecule has 1 N–H and O–H groups in total. The van der Waals surface area contributed by atoms with Crippen LogP contribution in [0.15, 0.2) is 38.3 Å². The number of thioether (sulfide) groups is 1. The average molecular weight is 323 g/mol. The zero-order valence-electron chi connectivity index (χ0n) is 10.7. The normalized spacial score (nSPS) is 12.1. The van der Waals surface area contributed by atoms with Gasteiger partial charge in [-0.25, -0.2) is 0 Å². The lowest BCUT2D eigenvalue weighted by Gasteiger charge is -2.00. The van der Waals surface area contributed by atoms with Gasteiger partial charge in [0.1, 0.15) is 0 Å². The van der Waals surface area contributed by atoms with Crippen molar-refractivity contribution < 1.29 is 9.59 Å². The predicted molar refractivity (Wildman–Crippen MR) is 92.2 cm³/mol. The highest BCUT2D eigenvalue weighted by Crippen LogP contribution is 2.42. The molecular formula is C14H13NO2S3. The quantitative estimate of drug-likeness (QED) is 0.496. The summed E-state index contributed by atoms with van der Waals surface area (Å²) in [5, 5.41) is 3.90. The highest BCUT2D eigenvalue weighted by Gasteiger charge is 2.36. The van der Waals surface area contributed by atoms with Gasteiger partial charge in [0.05, 0.1) is 20.9 Å². The van der Waals surface area contributed by atoms with Crippen LogP contribution >= 0.6 is 35.7 Å². The van der Waals surface area contributed by atoms with E-state index in [2.05, 4.69) is 50.8 Å². The molecule has 1 aliphatic heterocycles. The molecule has 0 saturated carbocycles. The van der Waals surface area contributed by atoms with Crippen LogP contribution in [0.4, 0.5) is 0 Å². The third kappa shape index (κ3) is 2.82. The Morgan fingerprint density at radius 3 is 2.10 bits per heavy atom. The summed E-state index contributed by atoms with van der Waals surface area (Å²) in [7, 11) is 0. The van der Waals surface area contributed by atoms with Crippen molar-refractivity contribution in [3.8, 4) is 0 Å². The summed E-state index contributed by atoms with van der Waals surface area (Å²) < 4.78 is 0. The number of thiol groups is 1. The predicted octanol–water partition coefficient (Wildman–Crippen LogP) is 4.18. The first kappa shape index (κ1) is 16.6. The fraction of sp³-hybridized carbons (Fsp3) is 0. The van der Waals surface area contributed by atoms with Gasteiger partial charge in [-0.15, -0.1) is 37.1 Å². The van der Waals surface area contributed by atoms with Gasteiger partial charge < -0.3 is 0 Å². The number of carbonyl (C=O) groups excluding carboxylic acids is 2. The average Bonchev–Trinajstić information content (AvgIpc) is 2.93. The molecule has 104 valence electrons. The van der Waals surface area contributed by atoms with Crippen LogP contribution in [0.5, 0.6) is 0 Å². The molecule has 0 bridgehead atoms. The van der Waals surface area contributed by atoms with Gasteiger partial charge in [-0.2, -0.15) is 0 Å². The molecule has 0 saturated heterocycles. The van der Waals surface area contributed by atoms with Crippen molar-refractivity contribution in [3.63, 3.8) is 0 Å². The van der Waals surface area contributed by atoms with Crippen molar-refractivity contribution in [2.24, 2.45) is 0 Å². The second-order valence-electron chi connectivity index (χ2n) is 3.45. The molecule has 3 nitrogen and oxygen atoms in total. The van der Waals surface area contributed by atoms with E-state index in [0.717, 1.165) is 0 Å². The van der Waals surface area contributed by atoms with Crippen LogP contribution in [0.1, 0.15) is 30.5 Å². The number of rotatable bonds is 4. The summed E-state index contributed by atoms with van der Waals surface area (Å²) in [5.74, 6) is -0.799. The van der Waals surface area contributed by atoms with Crippen LogP contribution in [0.3, 0.4) is 0 Å². The first-order chi connectivity index (χ1) is 9.47. The van der Waals surface area contributed by atoms with Crippen molar-refractivity contribution >= 4 is 57.4 Å². The second-order valence-corrected chi connectivity index (χ2v) is 6.07. The van der Waals surface area contributed by atoms with Crippen molar-refractivity contribution in [1.29, 1.82) is 0 Å². The van der Waals surface area contributed by atoms with E-state index < -0.39 is 11.8 Å². The van der Waals surface area contributed by atoms with Crippen LogP contribution in [0.25, 0.3) is 9.81 Å². The SMILES string of the molecule is C=C.C=CSC(=C)c1sc(C(=C)S)c2c1C(=O)NC2=O. The number of imide groups is 1. The molecule has 2 rings (SSSR count). The Morgan fingerprint density at radius 1 is 1.15 bits per heavy atom. The maximum absolute atomic E-state index is 11.8. The van der Waals surface area contributed by atoms with Crippen LogP contribution < -0.4 is 5.32 Å². The Balaban J connectivity index is 0.000000956. The molecule has 0 radical (unpaired) electrons. The summed E-state index contributed by atoms with van der Waals surface area (Å²) in [6.07, 6.45) is 0. The van der Waals surface area contributed by atoms with Gasteiger partial charge >= 0.3 is 0 Å². The molecular weight excluding hydrogens is 310 g/mol. The standard InChI is InChI=1S/C12H9NO2S3.C2H4/c1-4-17-6(3)10-8-7(9(18-10)5(2)16)11(14)13-12(8)15;1-2/h4,16H,1-3H2,(H,13,14,15);1-2H2. The van der Waals surface area contributed by atoms with E-state index in [9.17, 15) is 9.59 Å². The van der Waals surface area contributed by atoms with E-state index in [0.29, 0.717) is 30.7 Å². The zero-order valence-corrected chi connectivity index (χ0v) is 13.2. The van der Waals surface area contributed by atoms with Crippen LogP contribution in [0.2, 0.25) is 0 Å². The van der Waals surface area contributed by atoms with E-state index in [-0.39, 0.29) is 0 Å². The molecule has 20 heavy (non-hydrogen) atoms. The lowest BCUT2D eigenvalue weighted by molar-refractivity contribution is 0.0879. The van der Waals surface area contributed by atoms with Crippen LogP contribution in [0, 0.1) is 0 Å². The molecule has 0 unspecified atom stereocenters.